The van der Waals surface area contributed by atoms with Crippen molar-refractivity contribution in [2.75, 3.05) is 4.72 Å². The molecule has 3 aromatic rings. The fourth-order valence-corrected chi connectivity index (χ4v) is 4.07. The Morgan fingerprint density at radius 1 is 1.04 bits per heavy atom. The molecule has 0 bridgehead atoms. The van der Waals surface area contributed by atoms with Crippen molar-refractivity contribution in [1.29, 1.82) is 0 Å². The lowest BCUT2D eigenvalue weighted by Crippen LogP contribution is -2.15. The van der Waals surface area contributed by atoms with Crippen LogP contribution in [0.1, 0.15) is 31.0 Å². The summed E-state index contributed by atoms with van der Waals surface area (Å²) in [5, 5.41) is 3.87. The smallest absolute Gasteiger partial charge is 0.262 e. The van der Waals surface area contributed by atoms with Crippen LogP contribution >= 0.6 is 0 Å². The van der Waals surface area contributed by atoms with E-state index in [9.17, 15) is 8.42 Å². The molecule has 1 N–H and O–H groups in total. The van der Waals surface area contributed by atoms with Crippen molar-refractivity contribution in [1.82, 2.24) is 5.16 Å². The van der Waals surface area contributed by atoms with Gasteiger partial charge in [0, 0.05) is 17.3 Å². The van der Waals surface area contributed by atoms with E-state index >= 15 is 0 Å². The third kappa shape index (κ3) is 3.74. The van der Waals surface area contributed by atoms with Gasteiger partial charge in [-0.3, -0.25) is 4.72 Å². The van der Waals surface area contributed by atoms with Crippen LogP contribution in [0.25, 0.3) is 11.3 Å². The summed E-state index contributed by atoms with van der Waals surface area (Å²) in [6.45, 7) is 5.76. The standard InChI is InChI=1S/C19H20N2O3S/c1-13(2)17-10-9-15(18-11-14(3)20-24-18)12-19(17)25(22,23)21-16-7-5-4-6-8-16/h4-13,21H,1-3H3. The second kappa shape index (κ2) is 6.72. The van der Waals surface area contributed by atoms with Crippen LogP contribution in [0.4, 0.5) is 5.69 Å². The molecule has 0 radical (unpaired) electrons. The van der Waals surface area contributed by atoms with E-state index in [4.69, 9.17) is 4.52 Å². The minimum atomic E-state index is -3.72. The first-order chi connectivity index (χ1) is 11.9. The van der Waals surface area contributed by atoms with Gasteiger partial charge in [-0.2, -0.15) is 0 Å². The third-order valence-corrected chi connectivity index (χ3v) is 5.30. The van der Waals surface area contributed by atoms with E-state index in [2.05, 4.69) is 9.88 Å². The number of aromatic nitrogens is 1. The zero-order valence-electron chi connectivity index (χ0n) is 14.4. The first-order valence-corrected chi connectivity index (χ1v) is 9.50. The molecule has 6 heteroatoms. The van der Waals surface area contributed by atoms with Crippen LogP contribution in [0, 0.1) is 6.92 Å². The molecule has 0 spiro atoms. The van der Waals surface area contributed by atoms with Gasteiger partial charge < -0.3 is 4.52 Å². The van der Waals surface area contributed by atoms with Crippen molar-refractivity contribution >= 4 is 15.7 Å². The van der Waals surface area contributed by atoms with Gasteiger partial charge in [0.25, 0.3) is 10.0 Å². The fraction of sp³-hybridized carbons (Fsp3) is 0.211. The van der Waals surface area contributed by atoms with E-state index in [0.717, 1.165) is 11.3 Å². The number of anilines is 1. The van der Waals surface area contributed by atoms with Crippen LogP contribution in [0.15, 0.2) is 64.0 Å². The average molecular weight is 356 g/mol. The number of nitrogens with one attached hydrogen (secondary N) is 1. The Morgan fingerprint density at radius 3 is 2.36 bits per heavy atom. The van der Waals surface area contributed by atoms with E-state index in [0.29, 0.717) is 17.0 Å². The molecule has 0 aliphatic heterocycles. The molecule has 0 amide bonds. The van der Waals surface area contributed by atoms with Crippen LogP contribution in [0.5, 0.6) is 0 Å². The number of sulfonamides is 1. The molecule has 1 heterocycles. The third-order valence-electron chi connectivity index (χ3n) is 3.86. The van der Waals surface area contributed by atoms with Gasteiger partial charge in [0.05, 0.1) is 10.6 Å². The molecule has 0 unspecified atom stereocenters. The van der Waals surface area contributed by atoms with Crippen molar-refractivity contribution in [2.45, 2.75) is 31.6 Å². The highest BCUT2D eigenvalue weighted by Gasteiger charge is 2.22. The van der Waals surface area contributed by atoms with Crippen LogP contribution in [-0.4, -0.2) is 13.6 Å². The Hall–Kier alpha value is -2.60. The normalized spacial score (nSPS) is 11.7. The lowest BCUT2D eigenvalue weighted by atomic mass is 10.0. The summed E-state index contributed by atoms with van der Waals surface area (Å²) in [4.78, 5) is 0.248. The molecule has 2 aromatic carbocycles. The van der Waals surface area contributed by atoms with E-state index in [1.165, 1.54) is 0 Å². The first-order valence-electron chi connectivity index (χ1n) is 8.02. The average Bonchev–Trinajstić information content (AvgIpc) is 3.01. The zero-order valence-corrected chi connectivity index (χ0v) is 15.2. The molecular formula is C19H20N2O3S. The van der Waals surface area contributed by atoms with Gasteiger partial charge in [-0.15, -0.1) is 0 Å². The van der Waals surface area contributed by atoms with Crippen LogP contribution < -0.4 is 4.72 Å². The number of hydrogen-bond donors (Lipinski definition) is 1. The molecule has 0 saturated carbocycles. The number of para-hydroxylation sites is 1. The molecular weight excluding hydrogens is 336 g/mol. The summed E-state index contributed by atoms with van der Waals surface area (Å²) >= 11 is 0. The maximum Gasteiger partial charge on any atom is 0.262 e. The highest BCUT2D eigenvalue weighted by atomic mass is 32.2. The Labute approximate surface area is 147 Å². The lowest BCUT2D eigenvalue weighted by Gasteiger charge is -2.15. The molecule has 130 valence electrons. The zero-order chi connectivity index (χ0) is 18.0. The van der Waals surface area contributed by atoms with Crippen LogP contribution in [0.3, 0.4) is 0 Å². The van der Waals surface area contributed by atoms with Gasteiger partial charge in [-0.25, -0.2) is 8.42 Å². The van der Waals surface area contributed by atoms with Gasteiger partial charge in [0.2, 0.25) is 0 Å². The summed E-state index contributed by atoms with van der Waals surface area (Å²) in [6, 6.07) is 16.0. The molecule has 25 heavy (non-hydrogen) atoms. The molecule has 0 fully saturated rings. The van der Waals surface area contributed by atoms with Crippen molar-refractivity contribution in [2.24, 2.45) is 0 Å². The number of hydrogen-bond acceptors (Lipinski definition) is 4. The molecule has 0 atom stereocenters. The summed E-state index contributed by atoms with van der Waals surface area (Å²) in [5.41, 5.74) is 2.70. The maximum atomic E-state index is 13.0. The maximum absolute atomic E-state index is 13.0. The van der Waals surface area contributed by atoms with E-state index in [1.807, 2.05) is 39.0 Å². The summed E-state index contributed by atoms with van der Waals surface area (Å²) in [5.74, 6) is 0.608. The molecule has 0 aliphatic rings. The number of aryl methyl sites for hydroxylation is 1. The number of benzene rings is 2. The van der Waals surface area contributed by atoms with E-state index in [1.54, 1.807) is 36.4 Å². The van der Waals surface area contributed by atoms with Crippen molar-refractivity contribution in [3.8, 4) is 11.3 Å². The first kappa shape index (κ1) is 17.2. The van der Waals surface area contributed by atoms with Gasteiger partial charge >= 0.3 is 0 Å². The van der Waals surface area contributed by atoms with Crippen molar-refractivity contribution < 1.29 is 12.9 Å². The number of nitrogens with zero attached hydrogens (tertiary/aromatic N) is 1. The van der Waals surface area contributed by atoms with Crippen molar-refractivity contribution in [3.63, 3.8) is 0 Å². The monoisotopic (exact) mass is 356 g/mol. The number of rotatable bonds is 5. The quantitative estimate of drug-likeness (QED) is 0.726. The van der Waals surface area contributed by atoms with Gasteiger partial charge in [-0.05, 0) is 36.6 Å². The summed E-state index contributed by atoms with van der Waals surface area (Å²) in [7, 11) is -3.72. The Morgan fingerprint density at radius 2 is 1.76 bits per heavy atom. The lowest BCUT2D eigenvalue weighted by molar-refractivity contribution is 0.427. The molecule has 1 aromatic heterocycles. The topological polar surface area (TPSA) is 72.2 Å². The van der Waals surface area contributed by atoms with E-state index < -0.39 is 10.0 Å². The largest absolute Gasteiger partial charge is 0.356 e. The van der Waals surface area contributed by atoms with Gasteiger partial charge in [0.15, 0.2) is 5.76 Å². The van der Waals surface area contributed by atoms with E-state index in [-0.39, 0.29) is 10.8 Å². The predicted octanol–water partition coefficient (Wildman–Crippen LogP) is 4.57. The SMILES string of the molecule is Cc1cc(-c2ccc(C(C)C)c(S(=O)(=O)Nc3ccccc3)c2)on1. The minimum absolute atomic E-state index is 0.0628. The van der Waals surface area contributed by atoms with Crippen LogP contribution in [0.2, 0.25) is 0 Å². The highest BCUT2D eigenvalue weighted by molar-refractivity contribution is 7.92. The highest BCUT2D eigenvalue weighted by Crippen LogP contribution is 2.31. The molecule has 5 nitrogen and oxygen atoms in total. The Balaban J connectivity index is 2.08. The second-order valence-corrected chi connectivity index (χ2v) is 7.86. The molecule has 3 rings (SSSR count). The Kier molecular flexibility index (Phi) is 4.63. The second-order valence-electron chi connectivity index (χ2n) is 6.21. The van der Waals surface area contributed by atoms with Crippen LogP contribution in [-0.2, 0) is 10.0 Å². The Bertz CT molecular complexity index is 977. The summed E-state index contributed by atoms with van der Waals surface area (Å²) < 4.78 is 33.8. The predicted molar refractivity (Wildman–Crippen MR) is 98.0 cm³/mol. The molecule has 0 aliphatic carbocycles. The van der Waals surface area contributed by atoms with Gasteiger partial charge in [0.1, 0.15) is 0 Å². The molecule has 0 saturated heterocycles. The summed E-state index contributed by atoms with van der Waals surface area (Å²) in [6.07, 6.45) is 0. The van der Waals surface area contributed by atoms with Crippen molar-refractivity contribution in [3.05, 3.63) is 65.9 Å². The fourth-order valence-electron chi connectivity index (χ4n) is 2.61. The minimum Gasteiger partial charge on any atom is -0.356 e. The van der Waals surface area contributed by atoms with Gasteiger partial charge in [-0.1, -0.05) is 49.3 Å².